The van der Waals surface area contributed by atoms with Gasteiger partial charge >= 0.3 is 6.18 Å². The fraction of sp³-hybridized carbons (Fsp3) is 0.533. The molecule has 0 aliphatic rings. The molecule has 132 valence electrons. The molecule has 0 radical (unpaired) electrons. The summed E-state index contributed by atoms with van der Waals surface area (Å²) in [5.41, 5.74) is 1.21. The second-order valence-electron chi connectivity index (χ2n) is 4.79. The van der Waals surface area contributed by atoms with Gasteiger partial charge in [0.1, 0.15) is 0 Å². The van der Waals surface area contributed by atoms with E-state index in [9.17, 15) is 13.2 Å². The molecule has 0 heterocycles. The SMILES string of the molecule is CCNC(=NCCCc1cccc(Br)c1)NCCC(F)(F)F.I. The summed E-state index contributed by atoms with van der Waals surface area (Å²) in [6.45, 7) is 2.89. The van der Waals surface area contributed by atoms with Crippen LogP contribution in [0.5, 0.6) is 0 Å². The molecule has 0 amide bonds. The summed E-state index contributed by atoms with van der Waals surface area (Å²) in [7, 11) is 0. The first-order valence-electron chi connectivity index (χ1n) is 7.24. The number of nitrogens with one attached hydrogen (secondary N) is 2. The fourth-order valence-electron chi connectivity index (χ4n) is 1.83. The molecule has 2 N–H and O–H groups in total. The molecule has 8 heteroatoms. The van der Waals surface area contributed by atoms with Gasteiger partial charge in [0.25, 0.3) is 0 Å². The molecule has 1 aromatic carbocycles. The number of aryl methyl sites for hydroxylation is 1. The van der Waals surface area contributed by atoms with Gasteiger partial charge in [0, 0.05) is 24.1 Å². The number of rotatable bonds is 7. The number of alkyl halides is 3. The van der Waals surface area contributed by atoms with Gasteiger partial charge in [0.15, 0.2) is 5.96 Å². The van der Waals surface area contributed by atoms with Crippen molar-refractivity contribution in [1.82, 2.24) is 10.6 Å². The second kappa shape index (κ2) is 11.9. The predicted octanol–water partition coefficient (Wildman–Crippen LogP) is 4.51. The molecule has 0 saturated heterocycles. The Morgan fingerprint density at radius 2 is 2.00 bits per heavy atom. The van der Waals surface area contributed by atoms with Gasteiger partial charge in [-0.15, -0.1) is 24.0 Å². The number of halogens is 5. The van der Waals surface area contributed by atoms with Crippen molar-refractivity contribution in [3.8, 4) is 0 Å². The Bertz CT molecular complexity index is 481. The lowest BCUT2D eigenvalue weighted by Gasteiger charge is -2.12. The highest BCUT2D eigenvalue weighted by atomic mass is 127. The van der Waals surface area contributed by atoms with Gasteiger partial charge in [0.2, 0.25) is 0 Å². The average molecular weight is 508 g/mol. The van der Waals surface area contributed by atoms with E-state index in [4.69, 9.17) is 0 Å². The van der Waals surface area contributed by atoms with E-state index in [2.05, 4.69) is 37.6 Å². The van der Waals surface area contributed by atoms with E-state index in [1.165, 1.54) is 5.56 Å². The predicted molar refractivity (Wildman–Crippen MR) is 103 cm³/mol. The summed E-state index contributed by atoms with van der Waals surface area (Å²) in [6, 6.07) is 8.04. The molecule has 0 aromatic heterocycles. The quantitative estimate of drug-likeness (QED) is 0.246. The van der Waals surface area contributed by atoms with Crippen LogP contribution in [-0.2, 0) is 6.42 Å². The van der Waals surface area contributed by atoms with Crippen LogP contribution in [0.3, 0.4) is 0 Å². The molecule has 0 saturated carbocycles. The molecular formula is C15H22BrF3IN3. The molecule has 0 atom stereocenters. The van der Waals surface area contributed by atoms with Crippen molar-refractivity contribution in [2.24, 2.45) is 4.99 Å². The van der Waals surface area contributed by atoms with Gasteiger partial charge < -0.3 is 10.6 Å². The number of hydrogen-bond acceptors (Lipinski definition) is 1. The van der Waals surface area contributed by atoms with Crippen LogP contribution < -0.4 is 10.6 Å². The third kappa shape index (κ3) is 11.6. The van der Waals surface area contributed by atoms with Gasteiger partial charge in [-0.1, -0.05) is 28.1 Å². The highest BCUT2D eigenvalue weighted by Gasteiger charge is 2.26. The smallest absolute Gasteiger partial charge is 0.357 e. The van der Waals surface area contributed by atoms with Gasteiger partial charge in [0.05, 0.1) is 6.42 Å². The summed E-state index contributed by atoms with van der Waals surface area (Å²) in [5, 5.41) is 5.64. The summed E-state index contributed by atoms with van der Waals surface area (Å²) >= 11 is 3.42. The third-order valence-corrected chi connectivity index (χ3v) is 3.32. The zero-order chi connectivity index (χ0) is 16.4. The molecule has 0 spiro atoms. The maximum Gasteiger partial charge on any atom is 0.390 e. The van der Waals surface area contributed by atoms with E-state index < -0.39 is 12.6 Å². The topological polar surface area (TPSA) is 36.4 Å². The number of guanidine groups is 1. The van der Waals surface area contributed by atoms with Crippen LogP contribution in [0.25, 0.3) is 0 Å². The van der Waals surface area contributed by atoms with Gasteiger partial charge in [-0.2, -0.15) is 13.2 Å². The van der Waals surface area contributed by atoms with Crippen molar-refractivity contribution in [3.05, 3.63) is 34.3 Å². The van der Waals surface area contributed by atoms with Crippen molar-refractivity contribution in [3.63, 3.8) is 0 Å². The van der Waals surface area contributed by atoms with Crippen LogP contribution in [0.15, 0.2) is 33.7 Å². The van der Waals surface area contributed by atoms with Gasteiger partial charge in [-0.05, 0) is 37.5 Å². The first-order chi connectivity index (χ1) is 10.4. The van der Waals surface area contributed by atoms with E-state index >= 15 is 0 Å². The molecule has 0 aliphatic heterocycles. The van der Waals surface area contributed by atoms with Crippen LogP contribution in [0.1, 0.15) is 25.3 Å². The lowest BCUT2D eigenvalue weighted by molar-refractivity contribution is -0.132. The van der Waals surface area contributed by atoms with E-state index in [0.717, 1.165) is 17.3 Å². The van der Waals surface area contributed by atoms with E-state index in [-0.39, 0.29) is 30.5 Å². The molecule has 0 aliphatic carbocycles. The number of nitrogens with zero attached hydrogens (tertiary/aromatic N) is 1. The number of aliphatic imine (C=N–C) groups is 1. The van der Waals surface area contributed by atoms with Crippen molar-refractivity contribution < 1.29 is 13.2 Å². The van der Waals surface area contributed by atoms with Crippen LogP contribution >= 0.6 is 39.9 Å². The minimum Gasteiger partial charge on any atom is -0.357 e. The Labute approximate surface area is 160 Å². The molecule has 23 heavy (non-hydrogen) atoms. The van der Waals surface area contributed by atoms with E-state index in [1.807, 2.05) is 25.1 Å². The Morgan fingerprint density at radius 3 is 2.61 bits per heavy atom. The Balaban J connectivity index is 0.00000484. The number of benzene rings is 1. The van der Waals surface area contributed by atoms with Crippen LogP contribution in [-0.4, -0.2) is 31.8 Å². The first-order valence-corrected chi connectivity index (χ1v) is 8.03. The second-order valence-corrected chi connectivity index (χ2v) is 5.70. The third-order valence-electron chi connectivity index (χ3n) is 2.83. The van der Waals surface area contributed by atoms with Gasteiger partial charge in [-0.3, -0.25) is 4.99 Å². The molecule has 1 aromatic rings. The van der Waals surface area contributed by atoms with Crippen molar-refractivity contribution in [2.45, 2.75) is 32.4 Å². The normalized spacial score (nSPS) is 11.8. The maximum absolute atomic E-state index is 12.1. The van der Waals surface area contributed by atoms with Crippen molar-refractivity contribution in [2.75, 3.05) is 19.6 Å². The lowest BCUT2D eigenvalue weighted by atomic mass is 10.1. The molecule has 0 fully saturated rings. The highest BCUT2D eigenvalue weighted by Crippen LogP contribution is 2.18. The fourth-order valence-corrected chi connectivity index (χ4v) is 2.28. The summed E-state index contributed by atoms with van der Waals surface area (Å²) in [4.78, 5) is 4.29. The lowest BCUT2D eigenvalue weighted by Crippen LogP contribution is -2.39. The Kier molecular flexibility index (Phi) is 11.7. The van der Waals surface area contributed by atoms with E-state index in [1.54, 1.807) is 0 Å². The monoisotopic (exact) mass is 507 g/mol. The molecule has 0 bridgehead atoms. The minimum atomic E-state index is -4.15. The summed E-state index contributed by atoms with van der Waals surface area (Å²) < 4.78 is 37.4. The Hall–Kier alpha value is -0.510. The Morgan fingerprint density at radius 1 is 1.26 bits per heavy atom. The van der Waals surface area contributed by atoms with Gasteiger partial charge in [-0.25, -0.2) is 0 Å². The molecule has 1 rings (SSSR count). The zero-order valence-electron chi connectivity index (χ0n) is 12.9. The van der Waals surface area contributed by atoms with Crippen molar-refractivity contribution in [1.29, 1.82) is 0 Å². The zero-order valence-corrected chi connectivity index (χ0v) is 16.8. The maximum atomic E-state index is 12.1. The van der Waals surface area contributed by atoms with Crippen LogP contribution in [0.2, 0.25) is 0 Å². The summed E-state index contributed by atoms with van der Waals surface area (Å²) in [5.74, 6) is 0.431. The largest absolute Gasteiger partial charge is 0.390 e. The van der Waals surface area contributed by atoms with Crippen molar-refractivity contribution >= 4 is 45.9 Å². The molecule has 3 nitrogen and oxygen atoms in total. The molecular weight excluding hydrogens is 486 g/mol. The highest BCUT2D eigenvalue weighted by molar-refractivity contribution is 14.0. The minimum absolute atomic E-state index is 0. The van der Waals surface area contributed by atoms with Crippen LogP contribution in [0, 0.1) is 0 Å². The first kappa shape index (κ1) is 22.5. The number of hydrogen-bond donors (Lipinski definition) is 2. The average Bonchev–Trinajstić information content (AvgIpc) is 2.42. The molecule has 0 unspecified atom stereocenters. The standard InChI is InChI=1S/C15H21BrF3N3.HI/c1-2-20-14(22-10-8-15(17,18)19)21-9-4-6-12-5-3-7-13(16)11-12;/h3,5,7,11H,2,4,6,8-10H2,1H3,(H2,20,21,22);1H. The van der Waals surface area contributed by atoms with E-state index in [0.29, 0.717) is 19.0 Å². The summed E-state index contributed by atoms with van der Waals surface area (Å²) in [6.07, 6.45) is -3.29. The van der Waals surface area contributed by atoms with Crippen LogP contribution in [0.4, 0.5) is 13.2 Å².